The number of nitrogens with two attached hydrogens (primary N) is 1. The first kappa shape index (κ1) is 13.1. The zero-order valence-electron chi connectivity index (χ0n) is 10.8. The zero-order valence-corrected chi connectivity index (χ0v) is 11.6. The molecule has 3 N–H and O–H groups in total. The lowest BCUT2D eigenvalue weighted by atomic mass is 10.0. The molecule has 1 aromatic heterocycles. The lowest BCUT2D eigenvalue weighted by Crippen LogP contribution is -2.08. The first-order chi connectivity index (χ1) is 8.72. The van der Waals surface area contributed by atoms with E-state index in [0.717, 1.165) is 11.3 Å². The summed E-state index contributed by atoms with van der Waals surface area (Å²) in [6.45, 7) is 2.23. The average molecular weight is 260 g/mol. The predicted molar refractivity (Wildman–Crippen MR) is 80.7 cm³/mol. The fourth-order valence-electron chi connectivity index (χ4n) is 2.21. The maximum atomic E-state index is 7.52. The lowest BCUT2D eigenvalue weighted by molar-refractivity contribution is 0.668. The average Bonchev–Trinajstić information content (AvgIpc) is 2.79. The molecule has 2 rings (SSSR count). The molecule has 0 spiro atoms. The molecule has 0 radical (unpaired) electrons. The van der Waals surface area contributed by atoms with Gasteiger partial charge < -0.3 is 5.73 Å². The van der Waals surface area contributed by atoms with Crippen LogP contribution in [0.5, 0.6) is 0 Å². The van der Waals surface area contributed by atoms with Crippen LogP contribution in [0.2, 0.25) is 0 Å². The minimum atomic E-state index is 0.174. The third kappa shape index (κ3) is 2.91. The first-order valence-electron chi connectivity index (χ1n) is 6.58. The Morgan fingerprint density at radius 2 is 2.11 bits per heavy atom. The molecule has 0 saturated carbocycles. The van der Waals surface area contributed by atoms with E-state index in [4.69, 9.17) is 11.1 Å². The van der Waals surface area contributed by atoms with E-state index >= 15 is 0 Å². The lowest BCUT2D eigenvalue weighted by Gasteiger charge is -2.02. The Kier molecular flexibility index (Phi) is 4.37. The van der Waals surface area contributed by atoms with Crippen molar-refractivity contribution in [3.8, 4) is 0 Å². The van der Waals surface area contributed by atoms with Crippen LogP contribution in [0.1, 0.15) is 43.0 Å². The van der Waals surface area contributed by atoms with Crippen molar-refractivity contribution in [1.29, 1.82) is 5.41 Å². The topological polar surface area (TPSA) is 49.9 Å². The molecular weight excluding hydrogens is 240 g/mol. The van der Waals surface area contributed by atoms with E-state index in [1.54, 1.807) is 11.3 Å². The summed E-state index contributed by atoms with van der Waals surface area (Å²) in [5.74, 6) is 0.174. The highest BCUT2D eigenvalue weighted by atomic mass is 32.1. The molecule has 0 bridgehead atoms. The van der Waals surface area contributed by atoms with Gasteiger partial charge in [0.25, 0.3) is 0 Å². The summed E-state index contributed by atoms with van der Waals surface area (Å²) in [5, 5.41) is 8.80. The summed E-state index contributed by atoms with van der Waals surface area (Å²) in [5.41, 5.74) is 6.96. The van der Waals surface area contributed by atoms with E-state index in [1.165, 1.54) is 41.3 Å². The van der Waals surface area contributed by atoms with Crippen LogP contribution in [-0.2, 0) is 6.42 Å². The maximum Gasteiger partial charge on any atom is 0.133 e. The Labute approximate surface area is 112 Å². The summed E-state index contributed by atoms with van der Waals surface area (Å²) in [6, 6.07) is 8.49. The quantitative estimate of drug-likeness (QED) is 0.454. The molecule has 1 aromatic carbocycles. The maximum absolute atomic E-state index is 7.52. The predicted octanol–water partition coefficient (Wildman–Crippen LogP) is 4.31. The van der Waals surface area contributed by atoms with Crippen molar-refractivity contribution in [3.63, 3.8) is 0 Å². The van der Waals surface area contributed by atoms with Gasteiger partial charge in [-0.1, -0.05) is 38.3 Å². The number of benzene rings is 1. The number of nitrogen functional groups attached to an aromatic ring is 1. The molecular formula is C15H20N2S. The molecule has 0 aliphatic heterocycles. The number of amidine groups is 1. The van der Waals surface area contributed by atoms with Gasteiger partial charge in [0.05, 0.1) is 4.88 Å². The standard InChI is InChI=1S/C15H20N2S/c1-2-3-4-5-7-11-8-6-9-13-12(11)10-14(18-13)15(16)17/h6,8-10H,2-5,7H2,1H3,(H3,16,17). The highest BCUT2D eigenvalue weighted by molar-refractivity contribution is 7.20. The van der Waals surface area contributed by atoms with Gasteiger partial charge in [0.1, 0.15) is 5.84 Å². The molecule has 18 heavy (non-hydrogen) atoms. The van der Waals surface area contributed by atoms with E-state index in [-0.39, 0.29) is 5.84 Å². The highest BCUT2D eigenvalue weighted by Gasteiger charge is 2.07. The van der Waals surface area contributed by atoms with Crippen molar-refractivity contribution in [2.75, 3.05) is 0 Å². The zero-order chi connectivity index (χ0) is 13.0. The van der Waals surface area contributed by atoms with Gasteiger partial charge in [-0.3, -0.25) is 5.41 Å². The number of hydrogen-bond donors (Lipinski definition) is 2. The summed E-state index contributed by atoms with van der Waals surface area (Å²) < 4.78 is 1.24. The van der Waals surface area contributed by atoms with Crippen LogP contribution in [0.4, 0.5) is 0 Å². The van der Waals surface area contributed by atoms with Crippen LogP contribution in [0.3, 0.4) is 0 Å². The molecule has 0 aliphatic rings. The smallest absolute Gasteiger partial charge is 0.133 e. The van der Waals surface area contributed by atoms with E-state index in [0.29, 0.717) is 0 Å². The van der Waals surface area contributed by atoms with E-state index < -0.39 is 0 Å². The Morgan fingerprint density at radius 1 is 1.28 bits per heavy atom. The number of aryl methyl sites for hydroxylation is 1. The fourth-order valence-corrected chi connectivity index (χ4v) is 3.18. The van der Waals surface area contributed by atoms with Crippen LogP contribution >= 0.6 is 11.3 Å². The molecule has 0 fully saturated rings. The molecule has 96 valence electrons. The van der Waals surface area contributed by atoms with Crippen LogP contribution in [-0.4, -0.2) is 5.84 Å². The molecule has 2 aromatic rings. The van der Waals surface area contributed by atoms with Crippen molar-refractivity contribution in [3.05, 3.63) is 34.7 Å². The molecule has 1 heterocycles. The Bertz CT molecular complexity index is 542. The Hall–Kier alpha value is -1.35. The van der Waals surface area contributed by atoms with E-state index in [2.05, 4.69) is 31.2 Å². The van der Waals surface area contributed by atoms with Gasteiger partial charge in [-0.05, 0) is 35.9 Å². The third-order valence-electron chi connectivity index (χ3n) is 3.22. The minimum Gasteiger partial charge on any atom is -0.383 e. The summed E-state index contributed by atoms with van der Waals surface area (Å²) in [7, 11) is 0. The second-order valence-electron chi connectivity index (χ2n) is 4.66. The fraction of sp³-hybridized carbons (Fsp3) is 0.400. The minimum absolute atomic E-state index is 0.174. The first-order valence-corrected chi connectivity index (χ1v) is 7.40. The Morgan fingerprint density at radius 3 is 2.83 bits per heavy atom. The molecule has 0 amide bonds. The van der Waals surface area contributed by atoms with Gasteiger partial charge in [0.2, 0.25) is 0 Å². The van der Waals surface area contributed by atoms with Gasteiger partial charge in [-0.2, -0.15) is 0 Å². The normalized spacial score (nSPS) is 10.9. The van der Waals surface area contributed by atoms with E-state index in [9.17, 15) is 0 Å². The summed E-state index contributed by atoms with van der Waals surface area (Å²) in [4.78, 5) is 0.881. The number of nitrogens with one attached hydrogen (secondary N) is 1. The number of rotatable bonds is 6. The molecule has 3 heteroatoms. The van der Waals surface area contributed by atoms with Gasteiger partial charge in [-0.15, -0.1) is 11.3 Å². The number of unbranched alkanes of at least 4 members (excludes halogenated alkanes) is 3. The van der Waals surface area contributed by atoms with Crippen LogP contribution < -0.4 is 5.73 Å². The van der Waals surface area contributed by atoms with Crippen molar-refractivity contribution < 1.29 is 0 Å². The molecule has 0 aliphatic carbocycles. The van der Waals surface area contributed by atoms with E-state index in [1.807, 2.05) is 0 Å². The monoisotopic (exact) mass is 260 g/mol. The molecule has 0 unspecified atom stereocenters. The number of thiophene rings is 1. The van der Waals surface area contributed by atoms with Crippen LogP contribution in [0.25, 0.3) is 10.1 Å². The third-order valence-corrected chi connectivity index (χ3v) is 4.35. The van der Waals surface area contributed by atoms with Gasteiger partial charge in [0.15, 0.2) is 0 Å². The second kappa shape index (κ2) is 6.01. The van der Waals surface area contributed by atoms with Crippen molar-refractivity contribution >= 4 is 27.3 Å². The number of hydrogen-bond acceptors (Lipinski definition) is 2. The summed E-state index contributed by atoms with van der Waals surface area (Å²) in [6.07, 6.45) is 6.27. The summed E-state index contributed by atoms with van der Waals surface area (Å²) >= 11 is 1.61. The molecule has 0 saturated heterocycles. The largest absolute Gasteiger partial charge is 0.383 e. The molecule has 2 nitrogen and oxygen atoms in total. The highest BCUT2D eigenvalue weighted by Crippen LogP contribution is 2.29. The molecule has 0 atom stereocenters. The van der Waals surface area contributed by atoms with Crippen LogP contribution in [0, 0.1) is 5.41 Å². The van der Waals surface area contributed by atoms with Crippen molar-refractivity contribution in [2.45, 2.75) is 39.0 Å². The second-order valence-corrected chi connectivity index (χ2v) is 5.75. The Balaban J connectivity index is 2.19. The van der Waals surface area contributed by atoms with Crippen molar-refractivity contribution in [1.82, 2.24) is 0 Å². The van der Waals surface area contributed by atoms with Crippen molar-refractivity contribution in [2.24, 2.45) is 5.73 Å². The van der Waals surface area contributed by atoms with Gasteiger partial charge in [0, 0.05) is 4.70 Å². The van der Waals surface area contributed by atoms with Gasteiger partial charge in [-0.25, -0.2) is 0 Å². The SMILES string of the molecule is CCCCCCc1cccc2sc(C(=N)N)cc12. The van der Waals surface area contributed by atoms with Gasteiger partial charge >= 0.3 is 0 Å². The number of fused-ring (bicyclic) bond motifs is 1. The van der Waals surface area contributed by atoms with Crippen LogP contribution in [0.15, 0.2) is 24.3 Å².